The molecule has 7 heteroatoms. The van der Waals surface area contributed by atoms with Crippen LogP contribution in [0.1, 0.15) is 18.9 Å². The molecule has 0 aromatic heterocycles. The molecule has 0 saturated heterocycles. The van der Waals surface area contributed by atoms with Crippen molar-refractivity contribution < 1.29 is 18.6 Å². The molecule has 0 aliphatic heterocycles. The number of phenols is 1. The zero-order chi connectivity index (χ0) is 18.9. The van der Waals surface area contributed by atoms with Crippen molar-refractivity contribution in [2.24, 2.45) is 4.99 Å². The Labute approximate surface area is 151 Å². The van der Waals surface area contributed by atoms with Crippen LogP contribution in [0.4, 0.5) is 8.78 Å². The van der Waals surface area contributed by atoms with Crippen LogP contribution < -0.4 is 15.4 Å². The average Bonchev–Trinajstić information content (AvgIpc) is 2.65. The molecule has 3 N–H and O–H groups in total. The molecule has 0 heterocycles. The van der Waals surface area contributed by atoms with Crippen molar-refractivity contribution in [2.75, 3.05) is 13.6 Å². The monoisotopic (exact) mass is 363 g/mol. The van der Waals surface area contributed by atoms with Crippen molar-refractivity contribution in [3.63, 3.8) is 0 Å². The second-order valence-corrected chi connectivity index (χ2v) is 5.67. The summed E-state index contributed by atoms with van der Waals surface area (Å²) in [4.78, 5) is 4.10. The predicted octanol–water partition coefficient (Wildman–Crippen LogP) is 3.19. The molecule has 5 nitrogen and oxygen atoms in total. The van der Waals surface area contributed by atoms with Crippen LogP contribution in [0, 0.1) is 11.6 Å². The number of rotatable bonds is 7. The summed E-state index contributed by atoms with van der Waals surface area (Å²) in [6, 6.07) is 10.4. The number of phenolic OH excluding ortho intramolecular Hbond substituents is 1. The van der Waals surface area contributed by atoms with Gasteiger partial charge in [0.1, 0.15) is 6.10 Å². The highest BCUT2D eigenvalue weighted by molar-refractivity contribution is 5.79. The summed E-state index contributed by atoms with van der Waals surface area (Å²) in [5, 5.41) is 15.4. The van der Waals surface area contributed by atoms with Gasteiger partial charge in [-0.2, -0.15) is 0 Å². The molecule has 0 bridgehead atoms. The largest absolute Gasteiger partial charge is 0.505 e. The molecule has 26 heavy (non-hydrogen) atoms. The van der Waals surface area contributed by atoms with Gasteiger partial charge >= 0.3 is 0 Å². The van der Waals surface area contributed by atoms with Crippen LogP contribution >= 0.6 is 0 Å². The van der Waals surface area contributed by atoms with E-state index in [1.54, 1.807) is 31.3 Å². The Morgan fingerprint density at radius 2 is 1.92 bits per heavy atom. The third kappa shape index (κ3) is 5.61. The summed E-state index contributed by atoms with van der Waals surface area (Å²) in [5.41, 5.74) is 0.665. The van der Waals surface area contributed by atoms with Gasteiger partial charge in [-0.05, 0) is 36.2 Å². The topological polar surface area (TPSA) is 65.9 Å². The summed E-state index contributed by atoms with van der Waals surface area (Å²) in [7, 11) is 1.62. The molecule has 2 aromatic rings. The standard InChI is InChI=1S/C19H23F2N3O2/c1-3-14(26-18-7-5-4-6-15(18)20)12-24-19(22-2)23-11-13-8-9-17(25)16(21)10-13/h4-10,14,25H,3,11-12H2,1-2H3,(H2,22,23,24). The van der Waals surface area contributed by atoms with E-state index in [1.807, 2.05) is 6.92 Å². The van der Waals surface area contributed by atoms with E-state index in [-0.39, 0.29) is 17.6 Å². The lowest BCUT2D eigenvalue weighted by molar-refractivity contribution is 0.191. The lowest BCUT2D eigenvalue weighted by atomic mass is 10.2. The Hall–Kier alpha value is -2.83. The first-order valence-electron chi connectivity index (χ1n) is 8.36. The summed E-state index contributed by atoms with van der Waals surface area (Å²) < 4.78 is 32.7. The van der Waals surface area contributed by atoms with Crippen molar-refractivity contribution in [1.82, 2.24) is 10.6 Å². The van der Waals surface area contributed by atoms with Gasteiger partial charge in [0.05, 0.1) is 6.54 Å². The predicted molar refractivity (Wildman–Crippen MR) is 97.4 cm³/mol. The molecular formula is C19H23F2N3O2. The van der Waals surface area contributed by atoms with E-state index in [0.717, 1.165) is 0 Å². The molecule has 2 aromatic carbocycles. The molecule has 2 rings (SSSR count). The third-order valence-corrected chi connectivity index (χ3v) is 3.78. The molecule has 0 amide bonds. The van der Waals surface area contributed by atoms with E-state index >= 15 is 0 Å². The van der Waals surface area contributed by atoms with Gasteiger partial charge in [-0.25, -0.2) is 8.78 Å². The molecule has 0 radical (unpaired) electrons. The highest BCUT2D eigenvalue weighted by Gasteiger charge is 2.12. The fourth-order valence-corrected chi connectivity index (χ4v) is 2.27. The molecule has 0 fully saturated rings. The van der Waals surface area contributed by atoms with Gasteiger partial charge in [-0.1, -0.05) is 25.1 Å². The Morgan fingerprint density at radius 3 is 2.58 bits per heavy atom. The van der Waals surface area contributed by atoms with E-state index in [2.05, 4.69) is 15.6 Å². The highest BCUT2D eigenvalue weighted by atomic mass is 19.1. The zero-order valence-electron chi connectivity index (χ0n) is 14.8. The minimum atomic E-state index is -0.670. The zero-order valence-corrected chi connectivity index (χ0v) is 14.8. The molecule has 0 aliphatic rings. The number of hydrogen-bond acceptors (Lipinski definition) is 3. The summed E-state index contributed by atoms with van der Waals surface area (Å²) in [6.07, 6.45) is 0.443. The number of ether oxygens (including phenoxy) is 1. The summed E-state index contributed by atoms with van der Waals surface area (Å²) in [5.74, 6) is -0.732. The van der Waals surface area contributed by atoms with Crippen molar-refractivity contribution in [3.8, 4) is 11.5 Å². The van der Waals surface area contributed by atoms with Crippen molar-refractivity contribution in [1.29, 1.82) is 0 Å². The minimum absolute atomic E-state index is 0.212. The van der Waals surface area contributed by atoms with Gasteiger partial charge < -0.3 is 20.5 Å². The number of para-hydroxylation sites is 1. The van der Waals surface area contributed by atoms with Crippen molar-refractivity contribution in [2.45, 2.75) is 26.0 Å². The number of benzene rings is 2. The number of nitrogens with one attached hydrogen (secondary N) is 2. The number of guanidine groups is 1. The van der Waals surface area contributed by atoms with E-state index < -0.39 is 11.6 Å². The normalized spacial score (nSPS) is 12.5. The van der Waals surface area contributed by atoms with Crippen LogP contribution in [-0.2, 0) is 6.54 Å². The number of nitrogens with zero attached hydrogens (tertiary/aromatic N) is 1. The first-order chi connectivity index (χ1) is 12.5. The van der Waals surface area contributed by atoms with Crippen LogP contribution in [0.2, 0.25) is 0 Å². The Kier molecular flexibility index (Phi) is 7.20. The maximum absolute atomic E-state index is 13.7. The molecule has 0 aliphatic carbocycles. The van der Waals surface area contributed by atoms with Crippen LogP contribution in [0.15, 0.2) is 47.5 Å². The van der Waals surface area contributed by atoms with Crippen LogP contribution in [0.5, 0.6) is 11.5 Å². The second-order valence-electron chi connectivity index (χ2n) is 5.67. The van der Waals surface area contributed by atoms with Gasteiger partial charge in [0.15, 0.2) is 29.1 Å². The maximum atomic E-state index is 13.7. The Morgan fingerprint density at radius 1 is 1.15 bits per heavy atom. The average molecular weight is 363 g/mol. The smallest absolute Gasteiger partial charge is 0.191 e. The fourth-order valence-electron chi connectivity index (χ4n) is 2.27. The highest BCUT2D eigenvalue weighted by Crippen LogP contribution is 2.18. The third-order valence-electron chi connectivity index (χ3n) is 3.78. The minimum Gasteiger partial charge on any atom is -0.505 e. The van der Waals surface area contributed by atoms with Crippen LogP contribution in [0.25, 0.3) is 0 Å². The number of aliphatic imine (C=N–C) groups is 1. The summed E-state index contributed by atoms with van der Waals surface area (Å²) in [6.45, 7) is 2.71. The molecule has 0 saturated carbocycles. The lowest BCUT2D eigenvalue weighted by Crippen LogP contribution is -2.42. The molecule has 1 unspecified atom stereocenters. The van der Waals surface area contributed by atoms with Crippen molar-refractivity contribution >= 4 is 5.96 Å². The molecule has 140 valence electrons. The number of halogens is 2. The van der Waals surface area contributed by atoms with Gasteiger partial charge in [0, 0.05) is 13.6 Å². The first-order valence-corrected chi connectivity index (χ1v) is 8.36. The van der Waals surface area contributed by atoms with E-state index in [1.165, 1.54) is 18.2 Å². The Bertz CT molecular complexity index is 753. The number of aromatic hydroxyl groups is 1. The van der Waals surface area contributed by atoms with Crippen LogP contribution in [0.3, 0.4) is 0 Å². The van der Waals surface area contributed by atoms with E-state index in [0.29, 0.717) is 31.0 Å². The Balaban J connectivity index is 1.86. The molecular weight excluding hydrogens is 340 g/mol. The second kappa shape index (κ2) is 9.60. The summed E-state index contributed by atoms with van der Waals surface area (Å²) >= 11 is 0. The van der Waals surface area contributed by atoms with Crippen LogP contribution in [-0.4, -0.2) is 30.8 Å². The SMILES string of the molecule is CCC(CNC(=NC)NCc1ccc(O)c(F)c1)Oc1ccccc1F. The lowest BCUT2D eigenvalue weighted by Gasteiger charge is -2.20. The molecule has 0 spiro atoms. The van der Waals surface area contributed by atoms with Gasteiger partial charge in [0.2, 0.25) is 0 Å². The van der Waals surface area contributed by atoms with E-state index in [4.69, 9.17) is 4.74 Å². The van der Waals surface area contributed by atoms with Crippen molar-refractivity contribution in [3.05, 3.63) is 59.7 Å². The first kappa shape index (κ1) is 19.5. The van der Waals surface area contributed by atoms with Gasteiger partial charge in [-0.15, -0.1) is 0 Å². The van der Waals surface area contributed by atoms with Gasteiger partial charge in [0.25, 0.3) is 0 Å². The van der Waals surface area contributed by atoms with E-state index in [9.17, 15) is 13.9 Å². The maximum Gasteiger partial charge on any atom is 0.191 e. The van der Waals surface area contributed by atoms with Gasteiger partial charge in [-0.3, -0.25) is 4.99 Å². The number of hydrogen-bond donors (Lipinski definition) is 3. The molecule has 1 atom stereocenters. The fraction of sp³-hybridized carbons (Fsp3) is 0.316. The quantitative estimate of drug-likeness (QED) is 0.522.